The molecule has 2 aliphatic heterocycles. The lowest BCUT2D eigenvalue weighted by Crippen LogP contribution is -2.57. The lowest BCUT2D eigenvalue weighted by Gasteiger charge is -2.44. The van der Waals surface area contributed by atoms with Crippen molar-refractivity contribution in [1.29, 1.82) is 0 Å². The average Bonchev–Trinajstić information content (AvgIpc) is 3.16. The highest BCUT2D eigenvalue weighted by atomic mass is 31.1. The molecule has 6 atom stereocenters. The Bertz CT molecular complexity index is 1280. The Morgan fingerprint density at radius 3 is 2.71 bits per heavy atom. The van der Waals surface area contributed by atoms with E-state index in [1.807, 2.05) is 6.92 Å². The molecule has 0 aliphatic carbocycles. The molecule has 208 valence electrons. The second kappa shape index (κ2) is 11.8. The average molecular weight is 554 g/mol. The Kier molecular flexibility index (Phi) is 8.74. The summed E-state index contributed by atoms with van der Waals surface area (Å²) in [6.07, 6.45) is -0.239. The first-order valence-corrected chi connectivity index (χ1v) is 13.7. The number of anilines is 1. The fraction of sp³-hybridized carbons (Fsp3) is 0.542. The Morgan fingerprint density at radius 2 is 2.08 bits per heavy atom. The van der Waals surface area contributed by atoms with Gasteiger partial charge in [0.2, 0.25) is 0 Å². The molecule has 2 saturated heterocycles. The number of unbranched alkanes of at least 4 members (excludes halogenated alkanes) is 1. The Morgan fingerprint density at radius 1 is 1.34 bits per heavy atom. The molecule has 2 fully saturated rings. The summed E-state index contributed by atoms with van der Waals surface area (Å²) in [5.74, 6) is -0.848. The lowest BCUT2D eigenvalue weighted by atomic mass is 9.86. The highest BCUT2D eigenvalue weighted by Gasteiger charge is 2.62. The third-order valence-electron chi connectivity index (χ3n) is 6.72. The number of H-pyrrole nitrogens is 1. The number of aromatic hydroxyl groups is 1. The van der Waals surface area contributed by atoms with Crippen LogP contribution in [0.15, 0.2) is 46.1 Å². The van der Waals surface area contributed by atoms with Crippen LogP contribution in [0, 0.1) is 0 Å². The molecule has 1 aromatic carbocycles. The van der Waals surface area contributed by atoms with E-state index < -0.39 is 55.5 Å². The largest absolute Gasteiger partial charge is 0.506 e. The molecule has 1 unspecified atom stereocenters. The number of hydrogen-bond acceptors (Lipinski definition) is 10. The van der Waals surface area contributed by atoms with Gasteiger partial charge in [0.05, 0.1) is 25.5 Å². The summed E-state index contributed by atoms with van der Waals surface area (Å²) in [7, 11) is -3.23. The van der Waals surface area contributed by atoms with Crippen LogP contribution in [0.3, 0.4) is 0 Å². The summed E-state index contributed by atoms with van der Waals surface area (Å²) >= 11 is 0. The van der Waals surface area contributed by atoms with Crippen LogP contribution in [0.25, 0.3) is 0 Å². The van der Waals surface area contributed by atoms with Crippen LogP contribution in [0.4, 0.5) is 5.69 Å². The fourth-order valence-corrected chi connectivity index (χ4v) is 5.78. The molecule has 14 heteroatoms. The number of hydrogen-bond donors (Lipinski definition) is 3. The van der Waals surface area contributed by atoms with Crippen molar-refractivity contribution in [2.75, 3.05) is 24.5 Å². The zero-order valence-corrected chi connectivity index (χ0v) is 22.1. The molecule has 2 aromatic rings. The molecule has 13 nitrogen and oxygen atoms in total. The minimum Gasteiger partial charge on any atom is -0.506 e. The topological polar surface area (TPSA) is 170 Å². The Labute approximate surface area is 218 Å². The molecule has 3 heterocycles. The quantitative estimate of drug-likeness (QED) is 0.208. The number of aromatic nitrogens is 2. The van der Waals surface area contributed by atoms with Crippen LogP contribution in [0.2, 0.25) is 0 Å². The summed E-state index contributed by atoms with van der Waals surface area (Å²) in [5, 5.41) is 21.4. The number of nitrogens with zero attached hydrogens (tertiary/aromatic N) is 2. The molecule has 3 N–H and O–H groups in total. The van der Waals surface area contributed by atoms with Crippen molar-refractivity contribution >= 4 is 19.8 Å². The smallest absolute Gasteiger partial charge is 0.330 e. The zero-order valence-electron chi connectivity index (χ0n) is 21.1. The molecule has 0 bridgehead atoms. The predicted molar refractivity (Wildman–Crippen MR) is 135 cm³/mol. The first-order chi connectivity index (χ1) is 18.2. The first-order valence-electron chi connectivity index (χ1n) is 12.4. The van der Waals surface area contributed by atoms with Crippen LogP contribution in [0.5, 0.6) is 5.75 Å². The number of phenols is 1. The van der Waals surface area contributed by atoms with Gasteiger partial charge in [0.1, 0.15) is 29.6 Å². The van der Waals surface area contributed by atoms with Gasteiger partial charge in [0.25, 0.3) is 13.7 Å². The SMILES string of the molecule is CCCCOC(=O)[C@H](C)N(c1ccccc1O)[PH](=O)OC[C@H]1O[C@@H](n2ccc(=O)[nH]c2=O)[C@@]2(CCO2)[C@@H]1O. The van der Waals surface area contributed by atoms with Gasteiger partial charge in [0, 0.05) is 18.7 Å². The molecule has 0 radical (unpaired) electrons. The van der Waals surface area contributed by atoms with E-state index in [1.54, 1.807) is 12.1 Å². The molecule has 0 saturated carbocycles. The van der Waals surface area contributed by atoms with Crippen LogP contribution in [0.1, 0.15) is 39.3 Å². The van der Waals surface area contributed by atoms with Crippen molar-refractivity contribution in [1.82, 2.24) is 9.55 Å². The second-order valence-electron chi connectivity index (χ2n) is 9.18. The van der Waals surface area contributed by atoms with E-state index in [0.29, 0.717) is 19.4 Å². The number of esters is 1. The normalized spacial score (nSPS) is 26.0. The van der Waals surface area contributed by atoms with Gasteiger partial charge in [-0.2, -0.15) is 0 Å². The number of aliphatic hydroxyl groups is 1. The predicted octanol–water partition coefficient (Wildman–Crippen LogP) is 1.30. The van der Waals surface area contributed by atoms with Gasteiger partial charge in [-0.25, -0.2) is 9.59 Å². The van der Waals surface area contributed by atoms with E-state index >= 15 is 0 Å². The van der Waals surface area contributed by atoms with E-state index in [-0.39, 0.29) is 24.7 Å². The van der Waals surface area contributed by atoms with Gasteiger partial charge >= 0.3 is 11.7 Å². The van der Waals surface area contributed by atoms with Gasteiger partial charge in [-0.1, -0.05) is 25.5 Å². The molecular formula is C24H32N3O10P. The van der Waals surface area contributed by atoms with Gasteiger partial charge in [-0.3, -0.25) is 23.6 Å². The van der Waals surface area contributed by atoms with E-state index in [1.165, 1.54) is 25.3 Å². The van der Waals surface area contributed by atoms with Crippen molar-refractivity contribution in [3.63, 3.8) is 0 Å². The number of benzene rings is 1. The summed E-state index contributed by atoms with van der Waals surface area (Å²) in [5.41, 5.74) is -2.46. The maximum Gasteiger partial charge on any atom is 0.330 e. The highest BCUT2D eigenvalue weighted by molar-refractivity contribution is 7.41. The van der Waals surface area contributed by atoms with E-state index in [4.69, 9.17) is 18.7 Å². The number of carbonyl (C=O) groups excluding carboxylic acids is 1. The van der Waals surface area contributed by atoms with Crippen LogP contribution in [-0.2, 0) is 28.1 Å². The van der Waals surface area contributed by atoms with Crippen LogP contribution >= 0.6 is 8.18 Å². The number of carbonyl (C=O) groups is 1. The fourth-order valence-electron chi connectivity index (χ4n) is 4.52. The highest BCUT2D eigenvalue weighted by Crippen LogP contribution is 2.49. The number of aromatic amines is 1. The Balaban J connectivity index is 1.52. The molecule has 0 amide bonds. The number of phenolic OH excluding ortho intramolecular Hbond substituents is 1. The van der Waals surface area contributed by atoms with Gasteiger partial charge in [-0.05, 0) is 25.5 Å². The molecule has 1 spiro atoms. The molecule has 1 aromatic heterocycles. The van der Waals surface area contributed by atoms with E-state index in [9.17, 15) is 29.2 Å². The van der Waals surface area contributed by atoms with Crippen molar-refractivity contribution in [3.8, 4) is 5.75 Å². The molecular weight excluding hydrogens is 521 g/mol. The summed E-state index contributed by atoms with van der Waals surface area (Å²) in [6.45, 7) is 3.60. The molecule has 4 rings (SSSR count). The van der Waals surface area contributed by atoms with Crippen molar-refractivity contribution in [3.05, 3.63) is 57.4 Å². The van der Waals surface area contributed by atoms with Crippen LogP contribution < -0.4 is 15.9 Å². The van der Waals surface area contributed by atoms with Crippen molar-refractivity contribution in [2.45, 2.75) is 63.2 Å². The number of rotatable bonds is 11. The van der Waals surface area contributed by atoms with Crippen molar-refractivity contribution < 1.29 is 38.3 Å². The Hall–Kier alpha value is -2.96. The zero-order chi connectivity index (χ0) is 27.4. The standard InChI is InChI=1S/C24H32N3O10P/c1-3-4-12-34-21(31)15(2)27(16-7-5-6-8-17(16)28)38(33)36-14-18-20(30)24(10-13-35-24)22(37-18)26-11-9-19(29)25-23(26)32/h5-9,11,15,18,20,22,28,30,38H,3-4,10,12-14H2,1-2H3,(H,25,29,32)/t15-,18+,20+,22+,24+/m0/s1. The minimum atomic E-state index is -3.23. The number of aliphatic hydroxyl groups excluding tert-OH is 1. The number of para-hydroxylation sites is 2. The van der Waals surface area contributed by atoms with Crippen molar-refractivity contribution in [2.24, 2.45) is 0 Å². The number of nitrogens with one attached hydrogen (secondary N) is 1. The second-order valence-corrected chi connectivity index (χ2v) is 10.5. The van der Waals surface area contributed by atoms with E-state index in [2.05, 4.69) is 4.98 Å². The monoisotopic (exact) mass is 553 g/mol. The molecule has 2 aliphatic rings. The number of ether oxygens (including phenoxy) is 3. The van der Waals surface area contributed by atoms with Gasteiger partial charge in [0.15, 0.2) is 6.23 Å². The summed E-state index contributed by atoms with van der Waals surface area (Å²) in [4.78, 5) is 38.7. The molecule has 38 heavy (non-hydrogen) atoms. The van der Waals surface area contributed by atoms with Gasteiger partial charge in [-0.15, -0.1) is 0 Å². The van der Waals surface area contributed by atoms with Crippen LogP contribution in [-0.4, -0.2) is 69.4 Å². The summed E-state index contributed by atoms with van der Waals surface area (Å²) < 4.78 is 38.2. The first kappa shape index (κ1) is 28.1. The third-order valence-corrected chi connectivity index (χ3v) is 8.16. The maximum atomic E-state index is 13.4. The van der Waals surface area contributed by atoms with E-state index in [0.717, 1.165) is 21.7 Å². The third kappa shape index (κ3) is 5.43. The minimum absolute atomic E-state index is 0.112. The lowest BCUT2D eigenvalue weighted by molar-refractivity contribution is -0.227. The maximum absolute atomic E-state index is 13.4. The van der Waals surface area contributed by atoms with Gasteiger partial charge < -0.3 is 28.9 Å². The summed E-state index contributed by atoms with van der Waals surface area (Å²) in [6, 6.07) is 6.17.